The van der Waals surface area contributed by atoms with Crippen molar-refractivity contribution < 1.29 is 26.4 Å². The van der Waals surface area contributed by atoms with Crippen LogP contribution in [0.4, 0.5) is 0 Å². The maximum absolute atomic E-state index is 13.1. The minimum atomic E-state index is -3.86. The van der Waals surface area contributed by atoms with E-state index in [2.05, 4.69) is 45.0 Å². The van der Waals surface area contributed by atoms with Crippen molar-refractivity contribution in [1.29, 1.82) is 0 Å². The van der Waals surface area contributed by atoms with Gasteiger partial charge in [-0.25, -0.2) is 20.8 Å². The first-order chi connectivity index (χ1) is 19.0. The Morgan fingerprint density at radius 1 is 0.854 bits per heavy atom. The molecule has 0 saturated carbocycles. The van der Waals surface area contributed by atoms with E-state index >= 15 is 0 Å². The Morgan fingerprint density at radius 2 is 1.37 bits per heavy atom. The maximum Gasteiger partial charge on any atom is 0.261 e. The van der Waals surface area contributed by atoms with Crippen molar-refractivity contribution in [2.45, 2.75) is 57.3 Å². The fourth-order valence-electron chi connectivity index (χ4n) is 5.60. The highest BCUT2D eigenvalue weighted by molar-refractivity contribution is 7.90. The van der Waals surface area contributed by atoms with Crippen molar-refractivity contribution in [1.82, 2.24) is 3.97 Å². The van der Waals surface area contributed by atoms with Gasteiger partial charge in [-0.3, -0.25) is 0 Å². The molecule has 0 aliphatic rings. The van der Waals surface area contributed by atoms with E-state index < -0.39 is 34.3 Å². The number of aliphatic hydroxyl groups excluding tert-OH is 1. The number of sulfone groups is 1. The zero-order chi connectivity index (χ0) is 30.4. The highest BCUT2D eigenvalue weighted by Crippen LogP contribution is 2.39. The van der Waals surface area contributed by atoms with Gasteiger partial charge in [-0.1, -0.05) is 95.3 Å². The zero-order valence-electron chi connectivity index (χ0n) is 24.6. The van der Waals surface area contributed by atoms with Crippen molar-refractivity contribution in [2.24, 2.45) is 5.92 Å². The zero-order valence-corrected chi connectivity index (χ0v) is 27.3. The Labute approximate surface area is 244 Å². The van der Waals surface area contributed by atoms with Crippen molar-refractivity contribution in [2.75, 3.05) is 12.5 Å². The Bertz CT molecular complexity index is 1720. The lowest BCUT2D eigenvalue weighted by Gasteiger charge is -2.43. The molecule has 4 rings (SSSR count). The first-order valence-electron chi connectivity index (χ1n) is 13.5. The van der Waals surface area contributed by atoms with E-state index in [0.717, 1.165) is 26.9 Å². The minimum Gasteiger partial charge on any atom is -0.403 e. The average Bonchev–Trinajstić information content (AvgIpc) is 3.27. The number of benzene rings is 3. The van der Waals surface area contributed by atoms with Gasteiger partial charge in [0, 0.05) is 11.6 Å². The summed E-state index contributed by atoms with van der Waals surface area (Å²) in [5.74, 6) is -0.257. The first kappa shape index (κ1) is 31.2. The summed E-state index contributed by atoms with van der Waals surface area (Å²) < 4.78 is 60.0. The van der Waals surface area contributed by atoms with E-state index in [9.17, 15) is 21.9 Å². The summed E-state index contributed by atoms with van der Waals surface area (Å²) >= 11 is 0. The molecule has 3 aromatic carbocycles. The molecule has 0 spiro atoms. The monoisotopic (exact) mass is 613 g/mol. The number of fused-ring (bicyclic) bond motifs is 1. The van der Waals surface area contributed by atoms with Gasteiger partial charge in [0.1, 0.15) is 0 Å². The largest absolute Gasteiger partial charge is 0.403 e. The normalized spacial score (nSPS) is 14.1. The van der Waals surface area contributed by atoms with Gasteiger partial charge in [0.05, 0.1) is 35.1 Å². The van der Waals surface area contributed by atoms with Crippen molar-refractivity contribution in [3.05, 3.63) is 90.1 Å². The van der Waals surface area contributed by atoms with Crippen LogP contribution in [-0.4, -0.2) is 46.7 Å². The topological polar surface area (TPSA) is 103 Å². The van der Waals surface area contributed by atoms with Gasteiger partial charge < -0.3 is 9.53 Å². The van der Waals surface area contributed by atoms with Crippen LogP contribution < -0.4 is 10.4 Å². The molecule has 7 nitrogen and oxygen atoms in total. The molecular formula is C31H39NO6S2Si. The van der Waals surface area contributed by atoms with Crippen LogP contribution in [0.2, 0.25) is 5.04 Å². The second kappa shape index (κ2) is 11.1. The second-order valence-electron chi connectivity index (χ2n) is 12.0. The molecule has 0 bridgehead atoms. The van der Waals surface area contributed by atoms with E-state index in [-0.39, 0.29) is 33.7 Å². The molecule has 0 saturated heterocycles. The SMILES string of the molecule is CC(C)C(O)c1cc2cc(CO[Si](c3ccccc3)(c3ccccc3)C(C)(C)C)c(S(C)(=O)=O)cc2n1S(C)(=O)=O. The summed E-state index contributed by atoms with van der Waals surface area (Å²) in [5.41, 5.74) is 0.836. The van der Waals surface area contributed by atoms with Crippen molar-refractivity contribution in [3.8, 4) is 0 Å². The predicted octanol–water partition coefficient (Wildman–Crippen LogP) is 4.62. The molecule has 1 N–H and O–H groups in total. The summed E-state index contributed by atoms with van der Waals surface area (Å²) in [5, 5.41) is 13.2. The molecule has 41 heavy (non-hydrogen) atoms. The van der Waals surface area contributed by atoms with E-state index in [1.54, 1.807) is 26.0 Å². The van der Waals surface area contributed by atoms with Gasteiger partial charge in [0.2, 0.25) is 10.0 Å². The number of aromatic nitrogens is 1. The Morgan fingerprint density at radius 3 is 1.78 bits per heavy atom. The molecule has 1 unspecified atom stereocenters. The molecule has 1 heterocycles. The third-order valence-corrected chi connectivity index (χ3v) is 14.7. The summed E-state index contributed by atoms with van der Waals surface area (Å²) in [4.78, 5) is -0.00322. The number of rotatable bonds is 9. The van der Waals surface area contributed by atoms with Crippen molar-refractivity contribution >= 4 is 49.5 Å². The quantitative estimate of drug-likeness (QED) is 0.277. The lowest BCUT2D eigenvalue weighted by atomic mass is 10.0. The lowest BCUT2D eigenvalue weighted by Crippen LogP contribution is -2.66. The van der Waals surface area contributed by atoms with Crippen LogP contribution in [0, 0.1) is 5.92 Å². The summed E-state index contributed by atoms with van der Waals surface area (Å²) in [7, 11) is -10.6. The molecule has 0 aliphatic heterocycles. The fourth-order valence-corrected chi connectivity index (χ4v) is 12.1. The maximum atomic E-state index is 13.1. The fraction of sp³-hybridized carbons (Fsp3) is 0.355. The Kier molecular flexibility index (Phi) is 8.48. The number of hydrogen-bond donors (Lipinski definition) is 1. The Hall–Kier alpha value is -2.76. The van der Waals surface area contributed by atoms with E-state index in [1.807, 2.05) is 36.4 Å². The smallest absolute Gasteiger partial charge is 0.261 e. The first-order valence-corrected chi connectivity index (χ1v) is 19.1. The predicted molar refractivity (Wildman–Crippen MR) is 167 cm³/mol. The van der Waals surface area contributed by atoms with Gasteiger partial charge in [-0.05, 0) is 45.1 Å². The third kappa shape index (κ3) is 5.94. The molecule has 4 aromatic rings. The highest BCUT2D eigenvalue weighted by Gasteiger charge is 2.50. The molecule has 0 aliphatic carbocycles. The van der Waals surface area contributed by atoms with Gasteiger partial charge >= 0.3 is 0 Å². The lowest BCUT2D eigenvalue weighted by molar-refractivity contribution is 0.122. The number of aliphatic hydroxyl groups is 1. The van der Waals surface area contributed by atoms with Gasteiger partial charge in [0.25, 0.3) is 8.32 Å². The van der Waals surface area contributed by atoms with Crippen LogP contribution in [0.1, 0.15) is 52.0 Å². The van der Waals surface area contributed by atoms with Gasteiger partial charge in [-0.2, -0.15) is 0 Å². The standard InChI is InChI=1S/C31H39NO6S2Si/c1-22(2)30(33)28-19-23-18-24(29(39(6,34)35)20-27(23)32(28)40(7,36)37)21-38-41(31(3,4)5,25-14-10-8-11-15-25)26-16-12-9-13-17-26/h8-20,22,30,33H,21H2,1-7H3. The summed E-state index contributed by atoms with van der Waals surface area (Å²) in [6, 6.07) is 24.8. The second-order valence-corrected chi connectivity index (χ2v) is 20.1. The summed E-state index contributed by atoms with van der Waals surface area (Å²) in [6.07, 6.45) is 1.09. The average molecular weight is 614 g/mol. The summed E-state index contributed by atoms with van der Waals surface area (Å²) in [6.45, 7) is 10.0. The van der Waals surface area contributed by atoms with Crippen LogP contribution in [0.3, 0.4) is 0 Å². The molecule has 0 radical (unpaired) electrons. The van der Waals surface area contributed by atoms with E-state index in [1.165, 1.54) is 6.07 Å². The van der Waals surface area contributed by atoms with Gasteiger partial charge in [0.15, 0.2) is 9.84 Å². The molecule has 1 aromatic heterocycles. The van der Waals surface area contributed by atoms with Crippen LogP contribution in [-0.2, 0) is 30.9 Å². The van der Waals surface area contributed by atoms with Crippen LogP contribution in [0.25, 0.3) is 10.9 Å². The minimum absolute atomic E-state index is 0.00224. The van der Waals surface area contributed by atoms with Crippen LogP contribution >= 0.6 is 0 Å². The van der Waals surface area contributed by atoms with Crippen LogP contribution in [0.5, 0.6) is 0 Å². The molecule has 10 heteroatoms. The molecule has 0 fully saturated rings. The van der Waals surface area contributed by atoms with Gasteiger partial charge in [-0.15, -0.1) is 0 Å². The molecule has 1 atom stereocenters. The molecule has 220 valence electrons. The molecular weight excluding hydrogens is 575 g/mol. The number of hydrogen-bond acceptors (Lipinski definition) is 6. The highest BCUT2D eigenvalue weighted by atomic mass is 32.2. The van der Waals surface area contributed by atoms with Crippen molar-refractivity contribution in [3.63, 3.8) is 0 Å². The van der Waals surface area contributed by atoms with E-state index in [4.69, 9.17) is 4.43 Å². The third-order valence-electron chi connectivity index (χ3n) is 7.49. The number of nitrogens with zero attached hydrogens (tertiary/aromatic N) is 1. The molecule has 0 amide bonds. The van der Waals surface area contributed by atoms with Crippen LogP contribution in [0.15, 0.2) is 83.8 Å². The Balaban J connectivity index is 1.97. The van der Waals surface area contributed by atoms with E-state index in [0.29, 0.717) is 10.9 Å².